The van der Waals surface area contributed by atoms with E-state index in [2.05, 4.69) is 25.1 Å². The predicted molar refractivity (Wildman–Crippen MR) is 93.1 cm³/mol. The van der Waals surface area contributed by atoms with E-state index in [0.29, 0.717) is 11.6 Å². The molecule has 0 aromatic carbocycles. The number of ketones is 3. The summed E-state index contributed by atoms with van der Waals surface area (Å²) in [5.74, 6) is -2.01. The van der Waals surface area contributed by atoms with Crippen molar-refractivity contribution < 1.29 is 33.4 Å². The van der Waals surface area contributed by atoms with E-state index in [0.717, 1.165) is 7.11 Å². The van der Waals surface area contributed by atoms with Crippen LogP contribution in [0.1, 0.15) is 34.3 Å². The number of esters is 1. The van der Waals surface area contributed by atoms with Crippen LogP contribution in [0.2, 0.25) is 0 Å². The van der Waals surface area contributed by atoms with Crippen molar-refractivity contribution in [2.45, 2.75) is 13.3 Å². The lowest BCUT2D eigenvalue weighted by atomic mass is 10.1. The predicted octanol–water partition coefficient (Wildman–Crippen LogP) is 0.488. The summed E-state index contributed by atoms with van der Waals surface area (Å²) in [5, 5.41) is 14.4. The molecule has 0 N–H and O–H groups in total. The molecule has 0 radical (unpaired) electrons. The molecule has 2 rings (SSSR count). The number of Topliss-reactive ketones (excluding diaryl/α,β-unsaturated/α-hetero) is 3. The van der Waals surface area contributed by atoms with Gasteiger partial charge in [0.1, 0.15) is 11.4 Å². The van der Waals surface area contributed by atoms with Crippen molar-refractivity contribution in [3.8, 4) is 11.8 Å². The number of carbonyl (C=O) groups is 4. The number of hydrogen-bond donors (Lipinski definition) is 0. The van der Waals surface area contributed by atoms with Crippen LogP contribution in [0.4, 0.5) is 0 Å². The van der Waals surface area contributed by atoms with Gasteiger partial charge in [-0.15, -0.1) is 20.4 Å². The molecule has 0 unspecified atom stereocenters. The van der Waals surface area contributed by atoms with Crippen molar-refractivity contribution in [3.63, 3.8) is 0 Å². The van der Waals surface area contributed by atoms with Crippen LogP contribution in [0.25, 0.3) is 0 Å². The molecule has 2 heterocycles. The SMILES string of the molecule is COC(=O)C(=O)CC(=O)c1ccc(OC)nn1.COc1ccc(C(C)=O)nn1. The lowest BCUT2D eigenvalue weighted by molar-refractivity contribution is -0.151. The normalized spacial score (nSPS) is 9.43. The zero-order valence-corrected chi connectivity index (χ0v) is 15.7. The molecule has 0 fully saturated rings. The van der Waals surface area contributed by atoms with Gasteiger partial charge in [0.15, 0.2) is 11.6 Å². The van der Waals surface area contributed by atoms with Crippen LogP contribution in [-0.4, -0.2) is 65.0 Å². The minimum atomic E-state index is -1.06. The minimum absolute atomic E-state index is 0.0111. The van der Waals surface area contributed by atoms with Gasteiger partial charge in [-0.2, -0.15) is 0 Å². The van der Waals surface area contributed by atoms with Crippen molar-refractivity contribution in [2.75, 3.05) is 21.3 Å². The molecule has 11 heteroatoms. The van der Waals surface area contributed by atoms with Crippen molar-refractivity contribution >= 4 is 23.3 Å². The molecular formula is C17H18N4O7. The van der Waals surface area contributed by atoms with Crippen molar-refractivity contribution in [3.05, 3.63) is 35.7 Å². The maximum Gasteiger partial charge on any atom is 0.374 e. The van der Waals surface area contributed by atoms with Crippen molar-refractivity contribution in [2.24, 2.45) is 0 Å². The standard InChI is InChI=1S/C10H10N2O5.C7H8N2O2/c1-16-9-4-3-6(11-12-9)7(13)5-8(14)10(15)17-2;1-5(10)6-3-4-7(11-2)9-8-6/h3-4H,5H2,1-2H3;3-4H,1-2H3. The first-order valence-corrected chi connectivity index (χ1v) is 7.73. The molecule has 0 atom stereocenters. The van der Waals surface area contributed by atoms with Gasteiger partial charge in [-0.3, -0.25) is 14.4 Å². The highest BCUT2D eigenvalue weighted by Crippen LogP contribution is 2.06. The highest BCUT2D eigenvalue weighted by molar-refractivity contribution is 6.37. The summed E-state index contributed by atoms with van der Waals surface area (Å²) in [6, 6.07) is 5.97. The third-order valence-corrected chi connectivity index (χ3v) is 3.08. The van der Waals surface area contributed by atoms with E-state index < -0.39 is 24.0 Å². The zero-order chi connectivity index (χ0) is 21.1. The Bertz CT molecular complexity index is 836. The Labute approximate surface area is 160 Å². The van der Waals surface area contributed by atoms with Gasteiger partial charge in [0.25, 0.3) is 0 Å². The average Bonchev–Trinajstić information content (AvgIpc) is 2.73. The summed E-state index contributed by atoms with van der Waals surface area (Å²) >= 11 is 0. The molecule has 0 aliphatic rings. The van der Waals surface area contributed by atoms with Crippen LogP contribution in [0.3, 0.4) is 0 Å². The van der Waals surface area contributed by atoms with Gasteiger partial charge in [-0.05, 0) is 12.1 Å². The maximum atomic E-state index is 11.5. The van der Waals surface area contributed by atoms with E-state index in [1.165, 1.54) is 33.3 Å². The van der Waals surface area contributed by atoms with Gasteiger partial charge < -0.3 is 14.2 Å². The van der Waals surface area contributed by atoms with Gasteiger partial charge in [0.2, 0.25) is 17.5 Å². The van der Waals surface area contributed by atoms with Crippen LogP contribution in [-0.2, 0) is 14.3 Å². The van der Waals surface area contributed by atoms with Crippen molar-refractivity contribution in [1.82, 2.24) is 20.4 Å². The van der Waals surface area contributed by atoms with E-state index in [-0.39, 0.29) is 17.4 Å². The van der Waals surface area contributed by atoms with Gasteiger partial charge in [-0.1, -0.05) is 0 Å². The number of carbonyl (C=O) groups excluding carboxylic acids is 4. The Morgan fingerprint density at radius 3 is 1.64 bits per heavy atom. The largest absolute Gasteiger partial charge is 0.480 e. The third-order valence-electron chi connectivity index (χ3n) is 3.08. The molecule has 2 aromatic heterocycles. The monoisotopic (exact) mass is 390 g/mol. The second-order valence-electron chi connectivity index (χ2n) is 4.99. The Morgan fingerprint density at radius 1 is 0.786 bits per heavy atom. The Morgan fingerprint density at radius 2 is 1.29 bits per heavy atom. The maximum absolute atomic E-state index is 11.5. The molecule has 148 valence electrons. The van der Waals surface area contributed by atoms with Gasteiger partial charge in [0, 0.05) is 19.1 Å². The fourth-order valence-corrected chi connectivity index (χ4v) is 1.62. The summed E-state index contributed by atoms with van der Waals surface area (Å²) in [7, 11) is 3.97. The molecule has 0 saturated heterocycles. The van der Waals surface area contributed by atoms with Crippen molar-refractivity contribution in [1.29, 1.82) is 0 Å². The smallest absolute Gasteiger partial charge is 0.374 e. The number of nitrogens with zero attached hydrogens (tertiary/aromatic N) is 4. The first-order valence-electron chi connectivity index (χ1n) is 7.73. The Kier molecular flexibility index (Phi) is 8.80. The van der Waals surface area contributed by atoms with Crippen LogP contribution >= 0.6 is 0 Å². The topological polar surface area (TPSA) is 148 Å². The lowest BCUT2D eigenvalue weighted by Crippen LogP contribution is -2.20. The number of rotatable bonds is 7. The fourth-order valence-electron chi connectivity index (χ4n) is 1.62. The number of aromatic nitrogens is 4. The Hall–Kier alpha value is -3.76. The quantitative estimate of drug-likeness (QED) is 0.281. The van der Waals surface area contributed by atoms with Gasteiger partial charge in [-0.25, -0.2) is 4.79 Å². The summed E-state index contributed by atoms with van der Waals surface area (Å²) in [4.78, 5) is 44.1. The van der Waals surface area contributed by atoms with E-state index in [1.807, 2.05) is 0 Å². The molecule has 28 heavy (non-hydrogen) atoms. The average molecular weight is 390 g/mol. The molecule has 0 aliphatic heterocycles. The first-order chi connectivity index (χ1) is 13.3. The summed E-state index contributed by atoms with van der Waals surface area (Å²) < 4.78 is 13.7. The number of ether oxygens (including phenoxy) is 3. The molecule has 0 spiro atoms. The molecule has 0 bridgehead atoms. The highest BCUT2D eigenvalue weighted by Gasteiger charge is 2.20. The number of hydrogen-bond acceptors (Lipinski definition) is 11. The highest BCUT2D eigenvalue weighted by atomic mass is 16.5. The summed E-state index contributed by atoms with van der Waals surface area (Å²) in [5.41, 5.74) is 0.342. The van der Waals surface area contributed by atoms with E-state index in [1.54, 1.807) is 12.1 Å². The molecule has 0 aliphatic carbocycles. The molecule has 0 amide bonds. The second kappa shape index (κ2) is 11.1. The molecule has 11 nitrogen and oxygen atoms in total. The van der Waals surface area contributed by atoms with E-state index in [9.17, 15) is 19.2 Å². The Balaban J connectivity index is 0.000000307. The van der Waals surface area contributed by atoms with Gasteiger partial charge in [0.05, 0.1) is 27.8 Å². The number of methoxy groups -OCH3 is 3. The first kappa shape index (κ1) is 22.3. The minimum Gasteiger partial charge on any atom is -0.480 e. The second-order valence-corrected chi connectivity index (χ2v) is 4.99. The summed E-state index contributed by atoms with van der Waals surface area (Å²) in [6.45, 7) is 1.44. The van der Waals surface area contributed by atoms with Crippen LogP contribution in [0, 0.1) is 0 Å². The third kappa shape index (κ3) is 6.86. The lowest BCUT2D eigenvalue weighted by Gasteiger charge is -2.00. The van der Waals surface area contributed by atoms with Crippen LogP contribution in [0.5, 0.6) is 11.8 Å². The van der Waals surface area contributed by atoms with E-state index >= 15 is 0 Å². The van der Waals surface area contributed by atoms with Crippen LogP contribution < -0.4 is 9.47 Å². The molecule has 0 saturated carbocycles. The fraction of sp³-hybridized carbons (Fsp3) is 0.294. The zero-order valence-electron chi connectivity index (χ0n) is 15.7. The van der Waals surface area contributed by atoms with Gasteiger partial charge >= 0.3 is 5.97 Å². The summed E-state index contributed by atoms with van der Waals surface area (Å²) in [6.07, 6.45) is -0.590. The molecular weight excluding hydrogens is 372 g/mol. The molecule has 2 aromatic rings. The van der Waals surface area contributed by atoms with Crippen LogP contribution in [0.15, 0.2) is 24.3 Å². The van der Waals surface area contributed by atoms with E-state index in [4.69, 9.17) is 9.47 Å².